The second kappa shape index (κ2) is 6.31. The molecule has 0 aliphatic heterocycles. The molecule has 0 unspecified atom stereocenters. The molecule has 1 heterocycles. The lowest BCUT2D eigenvalue weighted by atomic mass is 10.2. The Morgan fingerprint density at radius 3 is 2.52 bits per heavy atom. The van der Waals surface area contributed by atoms with Gasteiger partial charge in [-0.1, -0.05) is 30.3 Å². The van der Waals surface area contributed by atoms with Crippen LogP contribution in [0.5, 0.6) is 0 Å². The summed E-state index contributed by atoms with van der Waals surface area (Å²) in [5.41, 5.74) is 2.71. The number of amides is 1. The Morgan fingerprint density at radius 2 is 1.74 bits per heavy atom. The van der Waals surface area contributed by atoms with Crippen molar-refractivity contribution in [3.05, 3.63) is 77.5 Å². The molecule has 23 heavy (non-hydrogen) atoms. The quantitative estimate of drug-likeness (QED) is 0.596. The molecular weight excluding hydrogens is 300 g/mol. The number of nitrogens with zero attached hydrogens (tertiary/aromatic N) is 2. The minimum absolute atomic E-state index is 0.162. The van der Waals surface area contributed by atoms with Gasteiger partial charge in [0.2, 0.25) is 0 Å². The van der Waals surface area contributed by atoms with Crippen molar-refractivity contribution in [1.29, 1.82) is 0 Å². The number of aromatic nitrogens is 1. The topological polar surface area (TPSA) is 54.4 Å². The van der Waals surface area contributed by atoms with E-state index in [1.54, 1.807) is 18.2 Å². The number of nitrogens with one attached hydrogen (secondary N) is 1. The van der Waals surface area contributed by atoms with Crippen molar-refractivity contribution in [3.63, 3.8) is 0 Å². The van der Waals surface area contributed by atoms with Crippen LogP contribution in [0.2, 0.25) is 0 Å². The van der Waals surface area contributed by atoms with Crippen LogP contribution < -0.4 is 5.43 Å². The molecule has 0 atom stereocenters. The lowest BCUT2D eigenvalue weighted by Crippen LogP contribution is -2.19. The molecule has 3 rings (SSSR count). The molecule has 3 aromatic rings. The van der Waals surface area contributed by atoms with E-state index < -0.39 is 17.5 Å². The number of halogens is 2. The van der Waals surface area contributed by atoms with Crippen LogP contribution >= 0.6 is 0 Å². The predicted octanol–water partition coefficient (Wildman–Crippen LogP) is 3.28. The highest BCUT2D eigenvalue weighted by Crippen LogP contribution is 2.12. The zero-order valence-corrected chi connectivity index (χ0v) is 11.8. The van der Waals surface area contributed by atoms with E-state index in [0.717, 1.165) is 23.7 Å². The minimum atomic E-state index is -0.758. The zero-order valence-electron chi connectivity index (χ0n) is 11.8. The first-order valence-electron chi connectivity index (χ1n) is 6.78. The van der Waals surface area contributed by atoms with Gasteiger partial charge in [-0.05, 0) is 24.3 Å². The fourth-order valence-corrected chi connectivity index (χ4v) is 2.04. The number of hydrogen-bond acceptors (Lipinski definition) is 3. The number of benzene rings is 2. The summed E-state index contributed by atoms with van der Waals surface area (Å²) in [5, 5.41) is 4.48. The number of rotatable bonds is 3. The van der Waals surface area contributed by atoms with E-state index >= 15 is 0 Å². The molecule has 114 valence electrons. The predicted molar refractivity (Wildman–Crippen MR) is 83.2 cm³/mol. The largest absolute Gasteiger partial charge is 0.289 e. The lowest BCUT2D eigenvalue weighted by molar-refractivity contribution is 0.0950. The number of hydrazone groups is 1. The molecule has 1 aromatic heterocycles. The molecule has 1 N–H and O–H groups in total. The van der Waals surface area contributed by atoms with Gasteiger partial charge in [-0.3, -0.25) is 4.79 Å². The van der Waals surface area contributed by atoms with Gasteiger partial charge >= 0.3 is 0 Å². The van der Waals surface area contributed by atoms with E-state index in [9.17, 15) is 13.6 Å². The Kier molecular flexibility index (Phi) is 4.05. The van der Waals surface area contributed by atoms with Gasteiger partial charge in [0.25, 0.3) is 5.91 Å². The summed E-state index contributed by atoms with van der Waals surface area (Å²) in [7, 11) is 0. The summed E-state index contributed by atoms with van der Waals surface area (Å²) >= 11 is 0. The van der Waals surface area contributed by atoms with Gasteiger partial charge in [-0.15, -0.1) is 0 Å². The first-order valence-corrected chi connectivity index (χ1v) is 6.78. The third-order valence-electron chi connectivity index (χ3n) is 3.19. The van der Waals surface area contributed by atoms with Gasteiger partial charge in [-0.25, -0.2) is 19.2 Å². The van der Waals surface area contributed by atoms with Gasteiger partial charge in [0.05, 0.1) is 17.3 Å². The third-order valence-corrected chi connectivity index (χ3v) is 3.19. The fourth-order valence-electron chi connectivity index (χ4n) is 2.04. The van der Waals surface area contributed by atoms with Crippen molar-refractivity contribution in [2.24, 2.45) is 5.10 Å². The molecule has 0 spiro atoms. The number of fused-ring (bicyclic) bond motifs is 1. The van der Waals surface area contributed by atoms with E-state index in [1.165, 1.54) is 6.07 Å². The van der Waals surface area contributed by atoms with E-state index in [4.69, 9.17) is 0 Å². The van der Waals surface area contributed by atoms with E-state index in [2.05, 4.69) is 15.5 Å². The van der Waals surface area contributed by atoms with Gasteiger partial charge in [0, 0.05) is 5.39 Å². The second-order valence-electron chi connectivity index (χ2n) is 4.72. The Hall–Kier alpha value is -3.15. The molecule has 0 radical (unpaired) electrons. The van der Waals surface area contributed by atoms with Crippen LogP contribution in [0.3, 0.4) is 0 Å². The average molecular weight is 311 g/mol. The summed E-state index contributed by atoms with van der Waals surface area (Å²) < 4.78 is 26.8. The van der Waals surface area contributed by atoms with E-state index in [1.807, 2.05) is 18.2 Å². The van der Waals surface area contributed by atoms with Gasteiger partial charge in [0.1, 0.15) is 17.3 Å². The highest BCUT2D eigenvalue weighted by Gasteiger charge is 2.08. The molecule has 1 amide bonds. The van der Waals surface area contributed by atoms with Crippen molar-refractivity contribution in [3.8, 4) is 0 Å². The lowest BCUT2D eigenvalue weighted by Gasteiger charge is -2.02. The van der Waals surface area contributed by atoms with Crippen LogP contribution in [0.25, 0.3) is 10.9 Å². The molecule has 2 aromatic carbocycles. The smallest absolute Gasteiger partial charge is 0.266 e. The molecule has 0 aliphatic carbocycles. The standard InChI is InChI=1S/C17H11F2N3O/c18-13-5-3-6-14(19)12(13)10-20-22-17(23)16-9-8-11-4-1-2-7-15(11)21-16/h1-10H,(H,22,23)/b20-10-. The van der Waals surface area contributed by atoms with Crippen LogP contribution in [0.15, 0.2) is 59.7 Å². The number of carbonyl (C=O) groups excluding carboxylic acids is 1. The Balaban J connectivity index is 1.77. The summed E-state index contributed by atoms with van der Waals surface area (Å²) in [6.07, 6.45) is 0.920. The second-order valence-corrected chi connectivity index (χ2v) is 4.72. The third kappa shape index (κ3) is 3.21. The van der Waals surface area contributed by atoms with Crippen molar-refractivity contribution < 1.29 is 13.6 Å². The maximum absolute atomic E-state index is 13.4. The number of para-hydroxylation sites is 1. The summed E-state index contributed by atoms with van der Waals surface area (Å²) in [6, 6.07) is 14.1. The highest BCUT2D eigenvalue weighted by molar-refractivity contribution is 5.95. The monoisotopic (exact) mass is 311 g/mol. The Bertz CT molecular complexity index is 889. The first-order chi connectivity index (χ1) is 11.1. The van der Waals surface area contributed by atoms with Crippen molar-refractivity contribution in [2.45, 2.75) is 0 Å². The van der Waals surface area contributed by atoms with Crippen molar-refractivity contribution in [1.82, 2.24) is 10.4 Å². The van der Waals surface area contributed by atoms with Crippen LogP contribution in [0, 0.1) is 11.6 Å². The van der Waals surface area contributed by atoms with Gasteiger partial charge < -0.3 is 0 Å². The minimum Gasteiger partial charge on any atom is -0.266 e. The Morgan fingerprint density at radius 1 is 1.00 bits per heavy atom. The molecule has 0 saturated carbocycles. The summed E-state index contributed by atoms with van der Waals surface area (Å²) in [6.45, 7) is 0. The van der Waals surface area contributed by atoms with Crippen LogP contribution in [0.1, 0.15) is 16.1 Å². The number of pyridine rings is 1. The number of carbonyl (C=O) groups is 1. The van der Waals surface area contributed by atoms with Crippen LogP contribution in [0.4, 0.5) is 8.78 Å². The molecule has 0 aliphatic rings. The summed E-state index contributed by atoms with van der Waals surface area (Å²) in [4.78, 5) is 16.2. The maximum Gasteiger partial charge on any atom is 0.289 e. The van der Waals surface area contributed by atoms with Gasteiger partial charge in [-0.2, -0.15) is 5.10 Å². The molecular formula is C17H11F2N3O. The van der Waals surface area contributed by atoms with E-state index in [0.29, 0.717) is 5.52 Å². The van der Waals surface area contributed by atoms with Crippen molar-refractivity contribution >= 4 is 23.0 Å². The molecule has 4 nitrogen and oxygen atoms in total. The SMILES string of the molecule is O=C(N/N=C\c1c(F)cccc1F)c1ccc2ccccc2n1. The zero-order chi connectivity index (χ0) is 16.2. The molecule has 6 heteroatoms. The molecule has 0 bridgehead atoms. The summed E-state index contributed by atoms with van der Waals surface area (Å²) in [5.74, 6) is -2.08. The van der Waals surface area contributed by atoms with Crippen molar-refractivity contribution in [2.75, 3.05) is 0 Å². The molecule has 0 saturated heterocycles. The normalized spacial score (nSPS) is 11.0. The van der Waals surface area contributed by atoms with E-state index in [-0.39, 0.29) is 11.3 Å². The average Bonchev–Trinajstić information content (AvgIpc) is 2.57. The Labute approximate surface area is 130 Å². The highest BCUT2D eigenvalue weighted by atomic mass is 19.1. The number of hydrogen-bond donors (Lipinski definition) is 1. The fraction of sp³-hybridized carbons (Fsp3) is 0. The van der Waals surface area contributed by atoms with Gasteiger partial charge in [0.15, 0.2) is 0 Å². The van der Waals surface area contributed by atoms with Crippen LogP contribution in [-0.2, 0) is 0 Å². The maximum atomic E-state index is 13.4. The van der Waals surface area contributed by atoms with Crippen LogP contribution in [-0.4, -0.2) is 17.1 Å². The first kappa shape index (κ1) is 14.8. The molecule has 0 fully saturated rings.